The molecule has 0 aliphatic carbocycles. The Kier molecular flexibility index (Phi) is 5.51. The van der Waals surface area contributed by atoms with E-state index in [0.717, 1.165) is 42.6 Å². The standard InChI is InChI=1S/C17H26N4/c1-13(2)21-6-4-17(5-7-21)20-12-16(9-18)15-8-14(3)10-19-11-15/h8-13,17-18,20H,4-7H2,1-3H3/b16-12+,18-9?. The molecule has 0 radical (unpaired) electrons. The summed E-state index contributed by atoms with van der Waals surface area (Å²) in [5.41, 5.74) is 3.00. The van der Waals surface area contributed by atoms with Gasteiger partial charge in [-0.1, -0.05) is 0 Å². The molecule has 2 rings (SSSR count). The molecule has 4 heteroatoms. The number of hydrogen-bond acceptors (Lipinski definition) is 4. The summed E-state index contributed by atoms with van der Waals surface area (Å²) in [5, 5.41) is 11.1. The number of aromatic nitrogens is 1. The van der Waals surface area contributed by atoms with Crippen LogP contribution < -0.4 is 5.32 Å². The largest absolute Gasteiger partial charge is 0.388 e. The predicted molar refractivity (Wildman–Crippen MR) is 88.6 cm³/mol. The first-order chi connectivity index (χ1) is 10.1. The van der Waals surface area contributed by atoms with Gasteiger partial charge >= 0.3 is 0 Å². The van der Waals surface area contributed by atoms with Crippen molar-refractivity contribution in [3.63, 3.8) is 0 Å². The van der Waals surface area contributed by atoms with E-state index >= 15 is 0 Å². The maximum absolute atomic E-state index is 7.60. The van der Waals surface area contributed by atoms with Crippen LogP contribution >= 0.6 is 0 Å². The molecule has 0 unspecified atom stereocenters. The van der Waals surface area contributed by atoms with Crippen LogP contribution in [0.5, 0.6) is 0 Å². The van der Waals surface area contributed by atoms with Crippen molar-refractivity contribution in [1.29, 1.82) is 5.41 Å². The third kappa shape index (κ3) is 4.39. The number of nitrogens with zero attached hydrogens (tertiary/aromatic N) is 2. The molecule has 1 fully saturated rings. The van der Waals surface area contributed by atoms with Gasteiger partial charge in [0.2, 0.25) is 0 Å². The van der Waals surface area contributed by atoms with Crippen molar-refractivity contribution in [2.75, 3.05) is 13.1 Å². The van der Waals surface area contributed by atoms with E-state index in [9.17, 15) is 0 Å². The second kappa shape index (κ2) is 7.36. The zero-order valence-electron chi connectivity index (χ0n) is 13.3. The Morgan fingerprint density at radius 3 is 2.67 bits per heavy atom. The van der Waals surface area contributed by atoms with E-state index in [1.807, 2.05) is 25.5 Å². The van der Waals surface area contributed by atoms with Gasteiger partial charge in [-0.25, -0.2) is 0 Å². The summed E-state index contributed by atoms with van der Waals surface area (Å²) in [6.07, 6.45) is 9.33. The molecule has 1 aromatic heterocycles. The minimum atomic E-state index is 0.507. The summed E-state index contributed by atoms with van der Waals surface area (Å²) in [7, 11) is 0. The number of allylic oxidation sites excluding steroid dienone is 1. The summed E-state index contributed by atoms with van der Waals surface area (Å²) in [4.78, 5) is 6.72. The van der Waals surface area contributed by atoms with Crippen molar-refractivity contribution in [3.8, 4) is 0 Å². The molecular formula is C17H26N4. The first-order valence-corrected chi connectivity index (χ1v) is 7.73. The van der Waals surface area contributed by atoms with Crippen LogP contribution in [0.15, 0.2) is 24.7 Å². The number of nitrogens with one attached hydrogen (secondary N) is 2. The third-order valence-corrected chi connectivity index (χ3v) is 4.10. The summed E-state index contributed by atoms with van der Waals surface area (Å²) in [6.45, 7) is 8.83. The summed E-state index contributed by atoms with van der Waals surface area (Å²) in [6, 6.07) is 3.21. The molecule has 0 aromatic carbocycles. The normalized spacial score (nSPS) is 18.0. The summed E-state index contributed by atoms with van der Waals surface area (Å²) >= 11 is 0. The van der Waals surface area contributed by atoms with Crippen LogP contribution in [0.3, 0.4) is 0 Å². The van der Waals surface area contributed by atoms with E-state index in [-0.39, 0.29) is 0 Å². The van der Waals surface area contributed by atoms with E-state index in [4.69, 9.17) is 5.41 Å². The van der Waals surface area contributed by atoms with Crippen LogP contribution in [-0.2, 0) is 0 Å². The van der Waals surface area contributed by atoms with Gasteiger partial charge in [-0.15, -0.1) is 0 Å². The number of aryl methyl sites for hydroxylation is 1. The van der Waals surface area contributed by atoms with Crippen LogP contribution in [0.4, 0.5) is 0 Å². The third-order valence-electron chi connectivity index (χ3n) is 4.10. The van der Waals surface area contributed by atoms with Gasteiger partial charge in [0.05, 0.1) is 0 Å². The SMILES string of the molecule is Cc1cncc(/C(C=N)=C/NC2CCN(C(C)C)CC2)c1. The fourth-order valence-electron chi connectivity index (χ4n) is 2.71. The smallest absolute Gasteiger partial charge is 0.0347 e. The van der Waals surface area contributed by atoms with Crippen molar-refractivity contribution in [2.24, 2.45) is 0 Å². The van der Waals surface area contributed by atoms with Crippen molar-refractivity contribution in [1.82, 2.24) is 15.2 Å². The van der Waals surface area contributed by atoms with Crippen LogP contribution in [0.1, 0.15) is 37.8 Å². The molecular weight excluding hydrogens is 260 g/mol. The zero-order valence-corrected chi connectivity index (χ0v) is 13.3. The van der Waals surface area contributed by atoms with E-state index in [1.165, 1.54) is 6.21 Å². The lowest BCUT2D eigenvalue weighted by molar-refractivity contribution is 0.166. The van der Waals surface area contributed by atoms with Gasteiger partial charge in [0.1, 0.15) is 0 Å². The number of hydrogen-bond donors (Lipinski definition) is 2. The zero-order chi connectivity index (χ0) is 15.2. The van der Waals surface area contributed by atoms with Gasteiger partial charge in [-0.05, 0) is 45.2 Å². The monoisotopic (exact) mass is 286 g/mol. The minimum absolute atomic E-state index is 0.507. The highest BCUT2D eigenvalue weighted by molar-refractivity contribution is 6.08. The second-order valence-corrected chi connectivity index (χ2v) is 6.07. The van der Waals surface area contributed by atoms with E-state index < -0.39 is 0 Å². The highest BCUT2D eigenvalue weighted by Gasteiger charge is 2.19. The van der Waals surface area contributed by atoms with Crippen molar-refractivity contribution >= 4 is 11.8 Å². The maximum Gasteiger partial charge on any atom is 0.0347 e. The Labute approximate surface area is 127 Å². The molecule has 0 spiro atoms. The quantitative estimate of drug-likeness (QED) is 0.818. The Balaban J connectivity index is 1.95. The predicted octanol–water partition coefficient (Wildman–Crippen LogP) is 2.84. The maximum atomic E-state index is 7.60. The fraction of sp³-hybridized carbons (Fsp3) is 0.529. The lowest BCUT2D eigenvalue weighted by atomic mass is 10.0. The topological polar surface area (TPSA) is 52.0 Å². The van der Waals surface area contributed by atoms with E-state index in [0.29, 0.717) is 12.1 Å². The molecule has 1 aliphatic rings. The number of rotatable bonds is 5. The van der Waals surface area contributed by atoms with E-state index in [1.54, 1.807) is 0 Å². The first-order valence-electron chi connectivity index (χ1n) is 7.73. The van der Waals surface area contributed by atoms with Gasteiger partial charge in [0, 0.05) is 61.1 Å². The van der Waals surface area contributed by atoms with Crippen LogP contribution in [0, 0.1) is 12.3 Å². The molecule has 1 saturated heterocycles. The molecule has 1 aliphatic heterocycles. The van der Waals surface area contributed by atoms with Crippen molar-refractivity contribution in [2.45, 2.75) is 45.7 Å². The van der Waals surface area contributed by atoms with Crippen LogP contribution in [-0.4, -0.2) is 41.3 Å². The molecule has 0 amide bonds. The summed E-state index contributed by atoms with van der Waals surface area (Å²) < 4.78 is 0. The minimum Gasteiger partial charge on any atom is -0.388 e. The molecule has 2 heterocycles. The molecule has 0 bridgehead atoms. The second-order valence-electron chi connectivity index (χ2n) is 6.07. The van der Waals surface area contributed by atoms with E-state index in [2.05, 4.69) is 35.1 Å². The molecule has 2 N–H and O–H groups in total. The molecule has 0 saturated carbocycles. The van der Waals surface area contributed by atoms with Crippen LogP contribution in [0.25, 0.3) is 5.57 Å². The molecule has 0 atom stereocenters. The van der Waals surface area contributed by atoms with Gasteiger partial charge in [0.25, 0.3) is 0 Å². The average Bonchev–Trinajstić information content (AvgIpc) is 2.48. The van der Waals surface area contributed by atoms with Gasteiger partial charge in [-0.2, -0.15) is 0 Å². The Morgan fingerprint density at radius 2 is 2.10 bits per heavy atom. The molecule has 114 valence electrons. The lowest BCUT2D eigenvalue weighted by Crippen LogP contribution is -2.43. The number of piperidine rings is 1. The van der Waals surface area contributed by atoms with Gasteiger partial charge in [0.15, 0.2) is 0 Å². The number of likely N-dealkylation sites (tertiary alicyclic amines) is 1. The lowest BCUT2D eigenvalue weighted by Gasteiger charge is -2.34. The highest BCUT2D eigenvalue weighted by atomic mass is 15.2. The van der Waals surface area contributed by atoms with Crippen molar-refractivity contribution < 1.29 is 0 Å². The molecule has 1 aromatic rings. The Bertz CT molecular complexity index is 499. The first kappa shape index (κ1) is 15.7. The summed E-state index contributed by atoms with van der Waals surface area (Å²) in [5.74, 6) is 0. The Morgan fingerprint density at radius 1 is 1.38 bits per heavy atom. The van der Waals surface area contributed by atoms with Crippen LogP contribution in [0.2, 0.25) is 0 Å². The highest BCUT2D eigenvalue weighted by Crippen LogP contribution is 2.15. The molecule has 4 nitrogen and oxygen atoms in total. The fourth-order valence-corrected chi connectivity index (χ4v) is 2.71. The Hall–Kier alpha value is -1.68. The average molecular weight is 286 g/mol. The number of pyridine rings is 1. The molecule has 21 heavy (non-hydrogen) atoms. The van der Waals surface area contributed by atoms with Gasteiger partial charge in [-0.3, -0.25) is 4.98 Å². The van der Waals surface area contributed by atoms with Crippen molar-refractivity contribution in [3.05, 3.63) is 35.8 Å². The van der Waals surface area contributed by atoms with Gasteiger partial charge < -0.3 is 15.6 Å².